The van der Waals surface area contributed by atoms with Crippen LogP contribution in [0.25, 0.3) is 11.5 Å². The number of pyridine rings is 1. The quantitative estimate of drug-likeness (QED) is 0.656. The molecule has 28 heavy (non-hydrogen) atoms. The smallest absolute Gasteiger partial charge is 0.407 e. The van der Waals surface area contributed by atoms with E-state index in [1.54, 1.807) is 6.20 Å². The molecule has 7 nitrogen and oxygen atoms in total. The molecule has 2 aromatic rings. The van der Waals surface area contributed by atoms with Crippen LogP contribution in [0.1, 0.15) is 63.1 Å². The van der Waals surface area contributed by atoms with Crippen molar-refractivity contribution in [3.8, 4) is 17.2 Å². The average Bonchev–Trinajstić information content (AvgIpc) is 3.08. The van der Waals surface area contributed by atoms with Crippen molar-refractivity contribution in [2.45, 2.75) is 71.4 Å². The molecule has 1 amide bonds. The third-order valence-corrected chi connectivity index (χ3v) is 4.95. The summed E-state index contributed by atoms with van der Waals surface area (Å²) in [5, 5.41) is 6.77. The highest BCUT2D eigenvalue weighted by molar-refractivity contribution is 5.68. The van der Waals surface area contributed by atoms with Gasteiger partial charge in [0.2, 0.25) is 0 Å². The highest BCUT2D eigenvalue weighted by Gasteiger charge is 2.18. The molecule has 1 aliphatic rings. The predicted octanol–water partition coefficient (Wildman–Crippen LogP) is 4.78. The van der Waals surface area contributed by atoms with Gasteiger partial charge in [0.25, 0.3) is 0 Å². The van der Waals surface area contributed by atoms with Crippen LogP contribution >= 0.6 is 0 Å². The fraction of sp³-hybridized carbons (Fsp3) is 0.571. The number of hydrogen-bond acceptors (Lipinski definition) is 6. The lowest BCUT2D eigenvalue weighted by atomic mass is 9.98. The van der Waals surface area contributed by atoms with Crippen LogP contribution in [-0.4, -0.2) is 28.9 Å². The number of carbonyl (C=O) groups is 1. The molecule has 2 heterocycles. The van der Waals surface area contributed by atoms with Crippen molar-refractivity contribution in [2.75, 3.05) is 6.61 Å². The number of aromatic nitrogens is 2. The van der Waals surface area contributed by atoms with E-state index in [9.17, 15) is 4.79 Å². The summed E-state index contributed by atoms with van der Waals surface area (Å²) in [5.74, 6) is 1.32. The van der Waals surface area contributed by atoms with E-state index in [0.29, 0.717) is 23.8 Å². The first-order valence-electron chi connectivity index (χ1n) is 10.2. The zero-order chi connectivity index (χ0) is 19.8. The monoisotopic (exact) mass is 387 g/mol. The molecule has 0 atom stereocenters. The Morgan fingerprint density at radius 1 is 1.29 bits per heavy atom. The van der Waals surface area contributed by atoms with Crippen molar-refractivity contribution in [3.63, 3.8) is 0 Å². The first-order valence-corrected chi connectivity index (χ1v) is 10.2. The number of hydrogen-bond donors (Lipinski definition) is 1. The molecule has 1 N–H and O–H groups in total. The summed E-state index contributed by atoms with van der Waals surface area (Å²) >= 11 is 0. The molecule has 0 saturated heterocycles. The van der Waals surface area contributed by atoms with Crippen LogP contribution in [-0.2, 0) is 11.3 Å². The van der Waals surface area contributed by atoms with E-state index >= 15 is 0 Å². The van der Waals surface area contributed by atoms with E-state index in [-0.39, 0.29) is 12.6 Å². The van der Waals surface area contributed by atoms with E-state index in [1.807, 2.05) is 26.0 Å². The summed E-state index contributed by atoms with van der Waals surface area (Å²) in [6.45, 7) is 4.58. The maximum atomic E-state index is 11.8. The second-order valence-electron chi connectivity index (χ2n) is 7.18. The fourth-order valence-electron chi connectivity index (χ4n) is 3.28. The lowest BCUT2D eigenvalue weighted by Gasteiger charge is -2.22. The average molecular weight is 387 g/mol. The van der Waals surface area contributed by atoms with E-state index < -0.39 is 6.09 Å². The zero-order valence-corrected chi connectivity index (χ0v) is 16.7. The molecule has 7 heteroatoms. The molecule has 0 radical (unpaired) electrons. The summed E-state index contributed by atoms with van der Waals surface area (Å²) in [4.78, 5) is 16.3. The summed E-state index contributed by atoms with van der Waals surface area (Å²) in [6, 6.07) is 3.77. The zero-order valence-electron chi connectivity index (χ0n) is 16.7. The minimum absolute atomic E-state index is 0.275. The SMILES string of the molecule is CCCCOC(=O)NCc1c(C)noc1-c1ccc(OC2CCCCC2)cn1. The fourth-order valence-corrected chi connectivity index (χ4v) is 3.28. The Kier molecular flexibility index (Phi) is 7.28. The number of aryl methyl sites for hydroxylation is 1. The molecular formula is C21H29N3O4. The van der Waals surface area contributed by atoms with Gasteiger partial charge in [-0.15, -0.1) is 0 Å². The van der Waals surface area contributed by atoms with Gasteiger partial charge in [0, 0.05) is 5.56 Å². The van der Waals surface area contributed by atoms with Gasteiger partial charge in [-0.25, -0.2) is 9.78 Å². The van der Waals surface area contributed by atoms with Gasteiger partial charge in [-0.05, 0) is 51.2 Å². The molecular weight excluding hydrogens is 358 g/mol. The highest BCUT2D eigenvalue weighted by Crippen LogP contribution is 2.27. The van der Waals surface area contributed by atoms with Gasteiger partial charge in [-0.2, -0.15) is 0 Å². The molecule has 0 spiro atoms. The topological polar surface area (TPSA) is 86.5 Å². The lowest BCUT2D eigenvalue weighted by molar-refractivity contribution is 0.144. The number of carbonyl (C=O) groups excluding carboxylic acids is 1. The van der Waals surface area contributed by atoms with Gasteiger partial charge in [0.1, 0.15) is 11.4 Å². The Morgan fingerprint density at radius 3 is 2.82 bits per heavy atom. The Morgan fingerprint density at radius 2 is 2.11 bits per heavy atom. The van der Waals surface area contributed by atoms with Crippen LogP contribution in [0.2, 0.25) is 0 Å². The molecule has 0 aromatic carbocycles. The maximum Gasteiger partial charge on any atom is 0.407 e. The van der Waals surface area contributed by atoms with Crippen molar-refractivity contribution in [2.24, 2.45) is 0 Å². The van der Waals surface area contributed by atoms with Crippen LogP contribution in [0.15, 0.2) is 22.9 Å². The standard InChI is InChI=1S/C21H29N3O4/c1-3-4-12-26-21(25)23-14-18-15(2)24-28-20(18)19-11-10-17(13-22-19)27-16-8-6-5-7-9-16/h10-11,13,16H,3-9,12,14H2,1-2H3,(H,23,25). The molecule has 0 aliphatic heterocycles. The largest absolute Gasteiger partial charge is 0.489 e. The summed E-state index contributed by atoms with van der Waals surface area (Å²) in [6.07, 6.45) is 9.36. The van der Waals surface area contributed by atoms with Crippen LogP contribution in [0.4, 0.5) is 4.79 Å². The lowest BCUT2D eigenvalue weighted by Crippen LogP contribution is -2.24. The highest BCUT2D eigenvalue weighted by atomic mass is 16.5. The minimum atomic E-state index is -0.441. The first-order chi connectivity index (χ1) is 13.7. The molecule has 0 unspecified atom stereocenters. The van der Waals surface area contributed by atoms with Gasteiger partial charge >= 0.3 is 6.09 Å². The maximum absolute atomic E-state index is 11.8. The molecule has 152 valence electrons. The number of alkyl carbamates (subject to hydrolysis) is 1. The summed E-state index contributed by atoms with van der Waals surface area (Å²) in [7, 11) is 0. The van der Waals surface area contributed by atoms with Gasteiger partial charge in [-0.3, -0.25) is 0 Å². The van der Waals surface area contributed by atoms with Gasteiger partial charge in [-0.1, -0.05) is 24.9 Å². The number of nitrogens with one attached hydrogen (secondary N) is 1. The number of rotatable bonds is 8. The Bertz CT molecular complexity index is 752. The predicted molar refractivity (Wildman–Crippen MR) is 105 cm³/mol. The molecule has 0 bridgehead atoms. The minimum Gasteiger partial charge on any atom is -0.489 e. The Hall–Kier alpha value is -2.57. The van der Waals surface area contributed by atoms with Crippen molar-refractivity contribution >= 4 is 6.09 Å². The Labute approximate surface area is 165 Å². The molecule has 1 fully saturated rings. The van der Waals surface area contributed by atoms with Gasteiger partial charge < -0.3 is 19.3 Å². The normalized spacial score (nSPS) is 14.6. The number of amides is 1. The van der Waals surface area contributed by atoms with Crippen LogP contribution < -0.4 is 10.1 Å². The van der Waals surface area contributed by atoms with Crippen molar-refractivity contribution < 1.29 is 18.8 Å². The third kappa shape index (κ3) is 5.47. The molecule has 1 aliphatic carbocycles. The van der Waals surface area contributed by atoms with Gasteiger partial charge in [0.15, 0.2) is 5.76 Å². The number of ether oxygens (including phenoxy) is 2. The van der Waals surface area contributed by atoms with E-state index in [0.717, 1.165) is 37.0 Å². The van der Waals surface area contributed by atoms with Crippen LogP contribution in [0, 0.1) is 6.92 Å². The van der Waals surface area contributed by atoms with Crippen molar-refractivity contribution in [1.29, 1.82) is 0 Å². The van der Waals surface area contributed by atoms with E-state index in [2.05, 4.69) is 15.5 Å². The second-order valence-corrected chi connectivity index (χ2v) is 7.18. The van der Waals surface area contributed by atoms with E-state index in [4.69, 9.17) is 14.0 Å². The van der Waals surface area contributed by atoms with E-state index in [1.165, 1.54) is 19.3 Å². The number of unbranched alkanes of at least 4 members (excludes halogenated alkanes) is 1. The van der Waals surface area contributed by atoms with Gasteiger partial charge in [0.05, 0.1) is 31.1 Å². The molecule has 2 aromatic heterocycles. The molecule has 3 rings (SSSR count). The van der Waals surface area contributed by atoms with Crippen molar-refractivity contribution in [3.05, 3.63) is 29.6 Å². The first kappa shape index (κ1) is 20.2. The number of nitrogens with zero attached hydrogens (tertiary/aromatic N) is 2. The Balaban J connectivity index is 1.61. The van der Waals surface area contributed by atoms with Crippen LogP contribution in [0.3, 0.4) is 0 Å². The van der Waals surface area contributed by atoms with Crippen molar-refractivity contribution in [1.82, 2.24) is 15.5 Å². The third-order valence-electron chi connectivity index (χ3n) is 4.95. The second kappa shape index (κ2) is 10.1. The summed E-state index contributed by atoms with van der Waals surface area (Å²) < 4.78 is 16.6. The molecule has 1 saturated carbocycles. The summed E-state index contributed by atoms with van der Waals surface area (Å²) in [5.41, 5.74) is 2.17. The van der Waals surface area contributed by atoms with Crippen LogP contribution in [0.5, 0.6) is 5.75 Å².